The molecule has 0 aliphatic carbocycles. The Hall–Kier alpha value is -2.75. The van der Waals surface area contributed by atoms with Crippen molar-refractivity contribution < 1.29 is 22.7 Å². The van der Waals surface area contributed by atoms with Crippen LogP contribution in [0.15, 0.2) is 36.4 Å². The van der Waals surface area contributed by atoms with Crippen molar-refractivity contribution in [2.45, 2.75) is 50.0 Å². The lowest BCUT2D eigenvalue weighted by Crippen LogP contribution is -2.47. The molecule has 0 saturated carbocycles. The van der Waals surface area contributed by atoms with E-state index in [2.05, 4.69) is 11.0 Å². The Morgan fingerprint density at radius 2 is 1.70 bits per heavy atom. The highest BCUT2D eigenvalue weighted by Crippen LogP contribution is 2.43. The molecule has 2 heterocycles. The van der Waals surface area contributed by atoms with Crippen LogP contribution in [-0.2, 0) is 9.53 Å². The van der Waals surface area contributed by atoms with Gasteiger partial charge in [0.1, 0.15) is 6.10 Å². The minimum Gasteiger partial charge on any atom is -0.456 e. The number of halogens is 3. The van der Waals surface area contributed by atoms with Crippen LogP contribution in [0, 0.1) is 11.3 Å². The summed E-state index contributed by atoms with van der Waals surface area (Å²) in [7, 11) is 0. The van der Waals surface area contributed by atoms with Gasteiger partial charge in [0.15, 0.2) is 0 Å². The van der Waals surface area contributed by atoms with Crippen molar-refractivity contribution in [1.29, 1.82) is 5.26 Å². The highest BCUT2D eigenvalue weighted by Gasteiger charge is 2.47. The maximum atomic E-state index is 12.5. The molecule has 2 aliphatic heterocycles. The van der Waals surface area contributed by atoms with E-state index in [0.717, 1.165) is 29.3 Å². The fourth-order valence-corrected chi connectivity index (χ4v) is 4.44. The molecule has 7 heteroatoms. The standard InChI is InChI=1S/C20H17F3N2O2/c21-20(22,23)19(26)27-15-9-13-6-7-14(10-15)25(13)18-8-5-12(11-24)16-3-1-2-4-17(16)18/h1-5,8,13-15H,6-7,9-10H2/t13-,14+,15+. The summed E-state index contributed by atoms with van der Waals surface area (Å²) in [4.78, 5) is 13.4. The predicted molar refractivity (Wildman–Crippen MR) is 93.1 cm³/mol. The van der Waals surface area contributed by atoms with Gasteiger partial charge >= 0.3 is 12.1 Å². The van der Waals surface area contributed by atoms with E-state index in [-0.39, 0.29) is 12.1 Å². The van der Waals surface area contributed by atoms with Crippen molar-refractivity contribution in [2.75, 3.05) is 4.90 Å². The van der Waals surface area contributed by atoms with E-state index >= 15 is 0 Å². The normalized spacial score (nSPS) is 24.7. The zero-order chi connectivity index (χ0) is 19.2. The molecule has 3 atom stereocenters. The fraction of sp³-hybridized carbons (Fsp3) is 0.400. The minimum atomic E-state index is -4.96. The lowest BCUT2D eigenvalue weighted by molar-refractivity contribution is -0.206. The average molecular weight is 374 g/mol. The number of carbonyl (C=O) groups is 1. The summed E-state index contributed by atoms with van der Waals surface area (Å²) in [5.41, 5.74) is 1.58. The molecule has 2 aromatic rings. The van der Waals surface area contributed by atoms with Crippen LogP contribution in [0.2, 0.25) is 0 Å². The molecule has 2 fully saturated rings. The fourth-order valence-electron chi connectivity index (χ4n) is 4.44. The first-order chi connectivity index (χ1) is 12.9. The topological polar surface area (TPSA) is 53.3 Å². The maximum absolute atomic E-state index is 12.5. The van der Waals surface area contributed by atoms with Gasteiger partial charge in [0.2, 0.25) is 0 Å². The number of nitriles is 1. The number of fused-ring (bicyclic) bond motifs is 3. The predicted octanol–water partition coefficient (Wildman–Crippen LogP) is 4.32. The van der Waals surface area contributed by atoms with Gasteiger partial charge in [-0.3, -0.25) is 0 Å². The minimum absolute atomic E-state index is 0.0196. The van der Waals surface area contributed by atoms with Crippen LogP contribution in [0.4, 0.5) is 18.9 Å². The lowest BCUT2D eigenvalue weighted by Gasteiger charge is -2.40. The van der Waals surface area contributed by atoms with E-state index in [9.17, 15) is 23.2 Å². The van der Waals surface area contributed by atoms with Gasteiger partial charge in [-0.1, -0.05) is 24.3 Å². The summed E-state index contributed by atoms with van der Waals surface area (Å²) in [5.74, 6) is -2.11. The SMILES string of the molecule is N#Cc1ccc(N2[C@@H]3CC[C@H]2C[C@@H](OC(=O)C(F)(F)F)C3)c2ccccc12. The second kappa shape index (κ2) is 6.45. The summed E-state index contributed by atoms with van der Waals surface area (Å²) in [6.07, 6.45) is -3.21. The molecule has 2 saturated heterocycles. The second-order valence-electron chi connectivity index (χ2n) is 7.08. The Bertz CT molecular complexity index is 921. The summed E-state index contributed by atoms with van der Waals surface area (Å²) in [5, 5.41) is 11.2. The number of alkyl halides is 3. The summed E-state index contributed by atoms with van der Waals surface area (Å²) in [6.45, 7) is 0. The summed E-state index contributed by atoms with van der Waals surface area (Å²) >= 11 is 0. The third kappa shape index (κ3) is 3.09. The number of hydrogen-bond donors (Lipinski definition) is 0. The van der Waals surface area contributed by atoms with Crippen molar-refractivity contribution in [3.05, 3.63) is 42.0 Å². The molecule has 0 spiro atoms. The van der Waals surface area contributed by atoms with E-state index in [1.165, 1.54) is 0 Å². The van der Waals surface area contributed by atoms with Crippen LogP contribution in [-0.4, -0.2) is 30.3 Å². The smallest absolute Gasteiger partial charge is 0.456 e. The van der Waals surface area contributed by atoms with Crippen LogP contribution >= 0.6 is 0 Å². The molecule has 27 heavy (non-hydrogen) atoms. The molecule has 2 aliphatic rings. The Morgan fingerprint density at radius 1 is 1.07 bits per heavy atom. The number of nitrogens with zero attached hydrogens (tertiary/aromatic N) is 2. The molecule has 140 valence electrons. The molecule has 2 bridgehead atoms. The number of piperidine rings is 1. The molecule has 0 unspecified atom stereocenters. The number of carbonyl (C=O) groups excluding carboxylic acids is 1. The van der Waals surface area contributed by atoms with Crippen molar-refractivity contribution >= 4 is 22.4 Å². The monoisotopic (exact) mass is 374 g/mol. The molecule has 2 aromatic carbocycles. The Labute approximate surface area is 154 Å². The average Bonchev–Trinajstić information content (AvgIpc) is 2.90. The zero-order valence-electron chi connectivity index (χ0n) is 14.4. The van der Waals surface area contributed by atoms with E-state index in [4.69, 9.17) is 4.74 Å². The van der Waals surface area contributed by atoms with Crippen LogP contribution in [0.1, 0.15) is 31.2 Å². The highest BCUT2D eigenvalue weighted by atomic mass is 19.4. The van der Waals surface area contributed by atoms with Gasteiger partial charge in [0, 0.05) is 41.4 Å². The number of rotatable bonds is 2. The van der Waals surface area contributed by atoms with Crippen molar-refractivity contribution in [3.63, 3.8) is 0 Å². The molecular formula is C20H17F3N2O2. The quantitative estimate of drug-likeness (QED) is 0.735. The van der Waals surface area contributed by atoms with Crippen LogP contribution in [0.5, 0.6) is 0 Å². The van der Waals surface area contributed by atoms with Gasteiger partial charge in [0.25, 0.3) is 0 Å². The van der Waals surface area contributed by atoms with E-state index in [1.807, 2.05) is 30.3 Å². The highest BCUT2D eigenvalue weighted by molar-refractivity contribution is 5.98. The van der Waals surface area contributed by atoms with Crippen molar-refractivity contribution in [1.82, 2.24) is 0 Å². The molecule has 0 radical (unpaired) electrons. The molecule has 0 amide bonds. The van der Waals surface area contributed by atoms with Crippen LogP contribution in [0.25, 0.3) is 10.8 Å². The van der Waals surface area contributed by atoms with E-state index < -0.39 is 18.2 Å². The van der Waals surface area contributed by atoms with Crippen molar-refractivity contribution in [3.8, 4) is 6.07 Å². The van der Waals surface area contributed by atoms with Crippen LogP contribution < -0.4 is 4.90 Å². The van der Waals surface area contributed by atoms with E-state index in [0.29, 0.717) is 18.4 Å². The van der Waals surface area contributed by atoms with Gasteiger partial charge < -0.3 is 9.64 Å². The molecule has 0 N–H and O–H groups in total. The number of anilines is 1. The van der Waals surface area contributed by atoms with Gasteiger partial charge in [-0.25, -0.2) is 4.79 Å². The lowest BCUT2D eigenvalue weighted by atomic mass is 9.96. The maximum Gasteiger partial charge on any atom is 0.490 e. The summed E-state index contributed by atoms with van der Waals surface area (Å²) in [6, 6.07) is 13.6. The van der Waals surface area contributed by atoms with Gasteiger partial charge in [-0.05, 0) is 25.0 Å². The van der Waals surface area contributed by atoms with Crippen molar-refractivity contribution in [2.24, 2.45) is 0 Å². The molecule has 4 nitrogen and oxygen atoms in total. The Morgan fingerprint density at radius 3 is 2.30 bits per heavy atom. The third-order valence-corrected chi connectivity index (χ3v) is 5.49. The van der Waals surface area contributed by atoms with Gasteiger partial charge in [-0.2, -0.15) is 18.4 Å². The van der Waals surface area contributed by atoms with Gasteiger partial charge in [-0.15, -0.1) is 0 Å². The number of hydrogen-bond acceptors (Lipinski definition) is 4. The first kappa shape index (κ1) is 17.7. The number of esters is 1. The Balaban J connectivity index is 1.62. The zero-order valence-corrected chi connectivity index (χ0v) is 14.4. The molecule has 4 rings (SSSR count). The first-order valence-corrected chi connectivity index (χ1v) is 8.86. The Kier molecular flexibility index (Phi) is 4.22. The van der Waals surface area contributed by atoms with E-state index in [1.54, 1.807) is 6.07 Å². The third-order valence-electron chi connectivity index (χ3n) is 5.49. The largest absolute Gasteiger partial charge is 0.490 e. The number of benzene rings is 2. The molecular weight excluding hydrogens is 357 g/mol. The first-order valence-electron chi connectivity index (χ1n) is 8.86. The molecule has 0 aromatic heterocycles. The number of ether oxygens (including phenoxy) is 1. The van der Waals surface area contributed by atoms with Crippen LogP contribution in [0.3, 0.4) is 0 Å². The van der Waals surface area contributed by atoms with Gasteiger partial charge in [0.05, 0.1) is 11.6 Å². The summed E-state index contributed by atoms with van der Waals surface area (Å²) < 4.78 is 42.2. The second-order valence-corrected chi connectivity index (χ2v) is 7.08.